The average molecular weight is 411 g/mol. The normalized spacial score (nSPS) is 12.6. The third kappa shape index (κ3) is 3.56. The molecule has 2 aromatic carbocycles. The Labute approximate surface area is 172 Å². The van der Waals surface area contributed by atoms with Gasteiger partial charge in [-0.15, -0.1) is 0 Å². The number of carbonyl (C=O) groups is 1. The molecule has 1 amide bonds. The molecule has 0 aliphatic heterocycles. The van der Waals surface area contributed by atoms with Gasteiger partial charge in [-0.25, -0.2) is 13.8 Å². The lowest BCUT2D eigenvalue weighted by molar-refractivity contribution is -0.129. The van der Waals surface area contributed by atoms with Gasteiger partial charge in [0.05, 0.1) is 18.5 Å². The third-order valence-electron chi connectivity index (χ3n) is 5.39. The van der Waals surface area contributed by atoms with Crippen molar-refractivity contribution >= 4 is 27.9 Å². The second-order valence-corrected chi connectivity index (χ2v) is 7.53. The molecule has 30 heavy (non-hydrogen) atoms. The first-order valence-electron chi connectivity index (χ1n) is 9.89. The van der Waals surface area contributed by atoms with Crippen molar-refractivity contribution in [3.8, 4) is 11.5 Å². The molecule has 2 aromatic heterocycles. The Kier molecular flexibility index (Phi) is 5.28. The minimum absolute atomic E-state index is 0.00721. The van der Waals surface area contributed by atoms with Crippen LogP contribution in [0, 0.1) is 5.82 Å². The highest BCUT2D eigenvalue weighted by atomic mass is 19.1. The number of carbonyl (C=O) groups excluding carboxylic acids is 1. The predicted octanol–water partition coefficient (Wildman–Crippen LogP) is 4.87. The van der Waals surface area contributed by atoms with Gasteiger partial charge in [-0.05, 0) is 18.6 Å². The van der Waals surface area contributed by atoms with E-state index in [4.69, 9.17) is 4.42 Å². The van der Waals surface area contributed by atoms with Crippen LogP contribution in [0.3, 0.4) is 0 Å². The zero-order valence-electron chi connectivity index (χ0n) is 17.2. The van der Waals surface area contributed by atoms with Gasteiger partial charge in [0, 0.05) is 36.8 Å². The first-order chi connectivity index (χ1) is 14.4. The number of alkyl halides is 1. The average Bonchev–Trinajstić information content (AvgIpc) is 3.32. The summed E-state index contributed by atoms with van der Waals surface area (Å²) in [4.78, 5) is 18.1. The molecule has 0 spiro atoms. The van der Waals surface area contributed by atoms with Crippen molar-refractivity contribution in [3.05, 3.63) is 54.0 Å². The van der Waals surface area contributed by atoms with Crippen molar-refractivity contribution in [1.82, 2.24) is 14.5 Å². The van der Waals surface area contributed by atoms with Gasteiger partial charge in [0.2, 0.25) is 11.8 Å². The lowest BCUT2D eigenvalue weighted by Crippen LogP contribution is -2.33. The summed E-state index contributed by atoms with van der Waals surface area (Å²) in [6.45, 7) is 1.71. The molecule has 5 nitrogen and oxygen atoms in total. The Bertz CT molecular complexity index is 1230. The number of nitrogens with zero attached hydrogens (tertiary/aromatic N) is 3. The molecular formula is C23H23F2N3O2. The third-order valence-corrected chi connectivity index (χ3v) is 5.39. The Morgan fingerprint density at radius 1 is 1.27 bits per heavy atom. The highest BCUT2D eigenvalue weighted by Crippen LogP contribution is 2.33. The molecule has 2 heterocycles. The van der Waals surface area contributed by atoms with E-state index in [1.165, 1.54) is 18.0 Å². The number of hydrogen-bond donors (Lipinski definition) is 0. The molecule has 0 aliphatic carbocycles. The van der Waals surface area contributed by atoms with Gasteiger partial charge < -0.3 is 13.9 Å². The van der Waals surface area contributed by atoms with Crippen LogP contribution in [-0.4, -0.2) is 40.1 Å². The van der Waals surface area contributed by atoms with Gasteiger partial charge >= 0.3 is 0 Å². The standard InChI is InChI=1S/C23H23F2N3O2/c1-4-15(24)12-28(3)20(29)11-14-9-10-18-22(21(14)25)30-23(26-18)17-13-27(2)19-8-6-5-7-16(17)19/h5-10,13,15H,4,11-12H2,1-3H3. The topological polar surface area (TPSA) is 51.3 Å². The van der Waals surface area contributed by atoms with Gasteiger partial charge in [0.15, 0.2) is 11.4 Å². The fourth-order valence-electron chi connectivity index (χ4n) is 3.59. The van der Waals surface area contributed by atoms with E-state index in [0.29, 0.717) is 17.8 Å². The molecule has 0 N–H and O–H groups in total. The number of aryl methyl sites for hydroxylation is 1. The maximum absolute atomic E-state index is 15.1. The van der Waals surface area contributed by atoms with Crippen molar-refractivity contribution < 1.29 is 18.0 Å². The summed E-state index contributed by atoms with van der Waals surface area (Å²) in [5.74, 6) is -0.636. The molecule has 1 unspecified atom stereocenters. The molecule has 7 heteroatoms. The predicted molar refractivity (Wildman–Crippen MR) is 112 cm³/mol. The molecule has 4 rings (SSSR count). The van der Waals surface area contributed by atoms with E-state index in [0.717, 1.165) is 16.5 Å². The zero-order chi connectivity index (χ0) is 21.4. The van der Waals surface area contributed by atoms with Crippen LogP contribution in [-0.2, 0) is 18.3 Å². The SMILES string of the molecule is CCC(F)CN(C)C(=O)Cc1ccc2nc(-c3cn(C)c4ccccc34)oc2c1F. The minimum Gasteiger partial charge on any atom is -0.433 e. The summed E-state index contributed by atoms with van der Waals surface area (Å²) in [7, 11) is 3.45. The largest absolute Gasteiger partial charge is 0.433 e. The summed E-state index contributed by atoms with van der Waals surface area (Å²) in [6.07, 6.45) is 0.962. The summed E-state index contributed by atoms with van der Waals surface area (Å²) in [5.41, 5.74) is 2.39. The highest BCUT2D eigenvalue weighted by Gasteiger charge is 2.21. The van der Waals surface area contributed by atoms with Crippen LogP contribution in [0.2, 0.25) is 0 Å². The second-order valence-electron chi connectivity index (χ2n) is 7.53. The smallest absolute Gasteiger partial charge is 0.229 e. The van der Waals surface area contributed by atoms with Crippen molar-refractivity contribution in [2.24, 2.45) is 7.05 Å². The maximum Gasteiger partial charge on any atom is 0.229 e. The molecule has 0 saturated carbocycles. The Morgan fingerprint density at radius 3 is 2.80 bits per heavy atom. The van der Waals surface area contributed by atoms with Crippen LogP contribution >= 0.6 is 0 Å². The van der Waals surface area contributed by atoms with Gasteiger partial charge in [-0.2, -0.15) is 0 Å². The van der Waals surface area contributed by atoms with Crippen LogP contribution in [0.1, 0.15) is 18.9 Å². The lowest BCUT2D eigenvalue weighted by Gasteiger charge is -2.19. The molecular weight excluding hydrogens is 388 g/mol. The van der Waals surface area contributed by atoms with E-state index < -0.39 is 12.0 Å². The number of halogens is 2. The number of para-hydroxylation sites is 1. The van der Waals surface area contributed by atoms with Gasteiger partial charge in [0.1, 0.15) is 11.7 Å². The van der Waals surface area contributed by atoms with Gasteiger partial charge in [-0.1, -0.05) is 31.2 Å². The number of rotatable bonds is 6. The number of amides is 1. The highest BCUT2D eigenvalue weighted by molar-refractivity contribution is 5.95. The monoisotopic (exact) mass is 411 g/mol. The number of benzene rings is 2. The fourth-order valence-corrected chi connectivity index (χ4v) is 3.59. The lowest BCUT2D eigenvalue weighted by atomic mass is 10.1. The van der Waals surface area contributed by atoms with E-state index >= 15 is 4.39 Å². The van der Waals surface area contributed by atoms with Crippen LogP contribution in [0.15, 0.2) is 47.0 Å². The first kappa shape index (κ1) is 20.1. The number of likely N-dealkylation sites (N-methyl/N-ethyl adjacent to an activating group) is 1. The van der Waals surface area contributed by atoms with Crippen molar-refractivity contribution in [3.63, 3.8) is 0 Å². The molecule has 0 bridgehead atoms. The second kappa shape index (κ2) is 7.89. The van der Waals surface area contributed by atoms with Gasteiger partial charge in [-0.3, -0.25) is 4.79 Å². The first-order valence-corrected chi connectivity index (χ1v) is 9.89. The van der Waals surface area contributed by atoms with Crippen molar-refractivity contribution in [1.29, 1.82) is 0 Å². The molecule has 0 aliphatic rings. The molecule has 0 saturated heterocycles. The summed E-state index contributed by atoms with van der Waals surface area (Å²) in [6, 6.07) is 11.0. The molecule has 4 aromatic rings. The summed E-state index contributed by atoms with van der Waals surface area (Å²) < 4.78 is 36.4. The number of oxazole rings is 1. The number of aromatic nitrogens is 2. The minimum atomic E-state index is -1.09. The van der Waals surface area contributed by atoms with Crippen molar-refractivity contribution in [2.75, 3.05) is 13.6 Å². The number of hydrogen-bond acceptors (Lipinski definition) is 3. The van der Waals surface area contributed by atoms with Crippen molar-refractivity contribution in [2.45, 2.75) is 25.9 Å². The fraction of sp³-hybridized carbons (Fsp3) is 0.304. The van der Waals surface area contributed by atoms with Crippen LogP contribution in [0.5, 0.6) is 0 Å². The molecule has 156 valence electrons. The maximum atomic E-state index is 15.1. The van der Waals surface area contributed by atoms with Crippen LogP contribution < -0.4 is 0 Å². The Hall–Kier alpha value is -3.22. The summed E-state index contributed by atoms with van der Waals surface area (Å²) in [5, 5.41) is 0.959. The van der Waals surface area contributed by atoms with E-state index in [2.05, 4.69) is 4.98 Å². The van der Waals surface area contributed by atoms with E-state index in [9.17, 15) is 9.18 Å². The van der Waals surface area contributed by atoms with Crippen LogP contribution in [0.25, 0.3) is 33.5 Å². The molecule has 0 fully saturated rings. The van der Waals surface area contributed by atoms with E-state index in [-0.39, 0.29) is 30.0 Å². The Morgan fingerprint density at radius 2 is 2.03 bits per heavy atom. The van der Waals surface area contributed by atoms with Crippen LogP contribution in [0.4, 0.5) is 8.78 Å². The van der Waals surface area contributed by atoms with E-state index in [1.54, 1.807) is 13.0 Å². The Balaban J connectivity index is 1.66. The summed E-state index contributed by atoms with van der Waals surface area (Å²) >= 11 is 0. The quantitative estimate of drug-likeness (QED) is 0.455. The number of fused-ring (bicyclic) bond motifs is 2. The molecule has 0 radical (unpaired) electrons. The molecule has 1 atom stereocenters. The van der Waals surface area contributed by atoms with Gasteiger partial charge in [0.25, 0.3) is 0 Å². The van der Waals surface area contributed by atoms with E-state index in [1.807, 2.05) is 42.1 Å². The zero-order valence-corrected chi connectivity index (χ0v) is 17.2.